The normalized spacial score (nSPS) is 19.8. The van der Waals surface area contributed by atoms with Gasteiger partial charge in [0.05, 0.1) is 5.56 Å². The van der Waals surface area contributed by atoms with Crippen molar-refractivity contribution < 1.29 is 9.59 Å². The van der Waals surface area contributed by atoms with Gasteiger partial charge in [0.1, 0.15) is 6.04 Å². The second kappa shape index (κ2) is 6.00. The van der Waals surface area contributed by atoms with Crippen LogP contribution in [0.5, 0.6) is 0 Å². The van der Waals surface area contributed by atoms with E-state index >= 15 is 0 Å². The highest BCUT2D eigenvalue weighted by Crippen LogP contribution is 2.14. The number of hydrogen-bond acceptors (Lipinski definition) is 4. The summed E-state index contributed by atoms with van der Waals surface area (Å²) in [6, 6.07) is 3.02. The summed E-state index contributed by atoms with van der Waals surface area (Å²) in [5.74, 6) is -0.180. The summed E-state index contributed by atoms with van der Waals surface area (Å²) in [5, 5.41) is 0. The lowest BCUT2D eigenvalue weighted by Gasteiger charge is -2.40. The van der Waals surface area contributed by atoms with E-state index in [-0.39, 0.29) is 11.8 Å². The minimum Gasteiger partial charge on any atom is -0.347 e. The van der Waals surface area contributed by atoms with Gasteiger partial charge in [-0.25, -0.2) is 0 Å². The van der Waals surface area contributed by atoms with Crippen LogP contribution in [0.1, 0.15) is 10.4 Å². The van der Waals surface area contributed by atoms with E-state index in [2.05, 4.69) is 9.88 Å². The molecule has 20 heavy (non-hydrogen) atoms. The Bertz CT molecular complexity index is 489. The Morgan fingerprint density at radius 2 is 2.10 bits per heavy atom. The molecule has 0 aliphatic carbocycles. The second-order valence-corrected chi connectivity index (χ2v) is 5.25. The van der Waals surface area contributed by atoms with Crippen LogP contribution in [0.4, 0.5) is 0 Å². The zero-order chi connectivity index (χ0) is 14.7. The van der Waals surface area contributed by atoms with Gasteiger partial charge in [-0.3, -0.25) is 14.6 Å². The maximum absolute atomic E-state index is 12.5. The molecular formula is C14H20N4O2. The summed E-state index contributed by atoms with van der Waals surface area (Å²) in [6.45, 7) is 1.88. The molecule has 0 N–H and O–H groups in total. The number of amides is 2. The Balaban J connectivity index is 2.23. The van der Waals surface area contributed by atoms with Crippen molar-refractivity contribution in [2.24, 2.45) is 0 Å². The summed E-state index contributed by atoms with van der Waals surface area (Å²) in [5.41, 5.74) is 0.522. The number of likely N-dealkylation sites (N-methyl/N-ethyl adjacent to an activating group) is 2. The highest BCUT2D eigenvalue weighted by Gasteiger charge is 2.35. The Morgan fingerprint density at radius 3 is 2.70 bits per heavy atom. The van der Waals surface area contributed by atoms with Gasteiger partial charge < -0.3 is 14.7 Å². The fourth-order valence-corrected chi connectivity index (χ4v) is 2.33. The molecule has 1 fully saturated rings. The smallest absolute Gasteiger partial charge is 0.256 e. The molecule has 1 aromatic heterocycles. The number of rotatable bonds is 2. The number of nitrogens with zero attached hydrogens (tertiary/aromatic N) is 4. The minimum absolute atomic E-state index is 0.0474. The van der Waals surface area contributed by atoms with E-state index in [0.29, 0.717) is 18.7 Å². The van der Waals surface area contributed by atoms with Crippen LogP contribution in [0.25, 0.3) is 0 Å². The zero-order valence-electron chi connectivity index (χ0n) is 12.1. The Kier molecular flexibility index (Phi) is 4.34. The highest BCUT2D eigenvalue weighted by atomic mass is 16.2. The number of piperazine rings is 1. The quantitative estimate of drug-likeness (QED) is 0.758. The summed E-state index contributed by atoms with van der Waals surface area (Å²) in [7, 11) is 5.38. The molecule has 0 unspecified atom stereocenters. The molecular weight excluding hydrogens is 256 g/mol. The van der Waals surface area contributed by atoms with Crippen molar-refractivity contribution in [3.05, 3.63) is 30.1 Å². The van der Waals surface area contributed by atoms with Crippen LogP contribution in [0.3, 0.4) is 0 Å². The monoisotopic (exact) mass is 276 g/mol. The van der Waals surface area contributed by atoms with Gasteiger partial charge in [0.15, 0.2) is 0 Å². The Morgan fingerprint density at radius 1 is 1.35 bits per heavy atom. The van der Waals surface area contributed by atoms with Gasteiger partial charge in [-0.05, 0) is 19.2 Å². The van der Waals surface area contributed by atoms with Gasteiger partial charge in [0.25, 0.3) is 5.91 Å². The molecule has 2 rings (SSSR count). The molecule has 1 aliphatic rings. The van der Waals surface area contributed by atoms with E-state index in [4.69, 9.17) is 0 Å². The van der Waals surface area contributed by atoms with E-state index in [1.807, 2.05) is 7.05 Å². The molecule has 0 radical (unpaired) electrons. The number of carbonyl (C=O) groups is 2. The molecule has 0 bridgehead atoms. The molecule has 2 amide bonds. The van der Waals surface area contributed by atoms with Crippen molar-refractivity contribution in [1.29, 1.82) is 0 Å². The number of pyridine rings is 1. The van der Waals surface area contributed by atoms with Crippen molar-refractivity contribution in [1.82, 2.24) is 19.7 Å². The summed E-state index contributed by atoms with van der Waals surface area (Å²) < 4.78 is 0. The van der Waals surface area contributed by atoms with E-state index in [1.54, 1.807) is 37.3 Å². The summed E-state index contributed by atoms with van der Waals surface area (Å²) >= 11 is 0. The first-order chi connectivity index (χ1) is 9.50. The van der Waals surface area contributed by atoms with Crippen LogP contribution in [0.2, 0.25) is 0 Å². The fraction of sp³-hybridized carbons (Fsp3) is 0.500. The van der Waals surface area contributed by atoms with E-state index in [1.165, 1.54) is 11.1 Å². The standard InChI is InChI=1S/C14H20N4O2/c1-16(2)14(20)12-10-17(3)7-8-18(12)13(19)11-5-4-6-15-9-11/h4-6,9,12H,7-8,10H2,1-3H3/t12-/m0/s1. The largest absolute Gasteiger partial charge is 0.347 e. The lowest BCUT2D eigenvalue weighted by molar-refractivity contribution is -0.135. The second-order valence-electron chi connectivity index (χ2n) is 5.25. The van der Waals surface area contributed by atoms with Gasteiger partial charge in [-0.1, -0.05) is 0 Å². The van der Waals surface area contributed by atoms with E-state index < -0.39 is 6.04 Å². The molecule has 0 spiro atoms. The highest BCUT2D eigenvalue weighted by molar-refractivity contribution is 5.97. The number of hydrogen-bond donors (Lipinski definition) is 0. The summed E-state index contributed by atoms with van der Waals surface area (Å²) in [4.78, 5) is 34.0. The lowest BCUT2D eigenvalue weighted by atomic mass is 10.1. The van der Waals surface area contributed by atoms with Crippen LogP contribution < -0.4 is 0 Å². The van der Waals surface area contributed by atoms with Crippen molar-refractivity contribution in [3.63, 3.8) is 0 Å². The molecule has 2 heterocycles. The minimum atomic E-state index is -0.434. The van der Waals surface area contributed by atoms with E-state index in [0.717, 1.165) is 6.54 Å². The topological polar surface area (TPSA) is 56.8 Å². The van der Waals surface area contributed by atoms with E-state index in [9.17, 15) is 9.59 Å². The van der Waals surface area contributed by atoms with Crippen molar-refractivity contribution in [3.8, 4) is 0 Å². The van der Waals surface area contributed by atoms with Crippen LogP contribution in [-0.2, 0) is 4.79 Å². The zero-order valence-corrected chi connectivity index (χ0v) is 12.1. The Hall–Kier alpha value is -1.95. The van der Waals surface area contributed by atoms with Crippen LogP contribution in [0, 0.1) is 0 Å². The maximum atomic E-state index is 12.5. The van der Waals surface area contributed by atoms with Crippen LogP contribution in [0.15, 0.2) is 24.5 Å². The van der Waals surface area contributed by atoms with Gasteiger partial charge in [0.2, 0.25) is 5.91 Å². The molecule has 0 aromatic carbocycles. The number of aromatic nitrogens is 1. The molecule has 1 atom stereocenters. The predicted molar refractivity (Wildman–Crippen MR) is 75.3 cm³/mol. The molecule has 6 heteroatoms. The molecule has 0 saturated carbocycles. The Labute approximate surface area is 119 Å². The maximum Gasteiger partial charge on any atom is 0.256 e. The molecule has 6 nitrogen and oxygen atoms in total. The predicted octanol–water partition coefficient (Wildman–Crippen LogP) is -0.0740. The molecule has 1 aliphatic heterocycles. The van der Waals surface area contributed by atoms with Crippen LogP contribution in [-0.4, -0.2) is 78.3 Å². The van der Waals surface area contributed by atoms with Gasteiger partial charge in [0, 0.05) is 46.1 Å². The third-order valence-corrected chi connectivity index (χ3v) is 3.48. The first-order valence-electron chi connectivity index (χ1n) is 6.61. The fourth-order valence-electron chi connectivity index (χ4n) is 2.33. The average molecular weight is 276 g/mol. The van der Waals surface area contributed by atoms with Crippen molar-refractivity contribution >= 4 is 11.8 Å². The van der Waals surface area contributed by atoms with Crippen molar-refractivity contribution in [2.45, 2.75) is 6.04 Å². The molecule has 1 saturated heterocycles. The van der Waals surface area contributed by atoms with Crippen LogP contribution >= 0.6 is 0 Å². The molecule has 108 valence electrons. The lowest BCUT2D eigenvalue weighted by Crippen LogP contribution is -2.59. The third kappa shape index (κ3) is 2.96. The summed E-state index contributed by atoms with van der Waals surface area (Å²) in [6.07, 6.45) is 3.17. The third-order valence-electron chi connectivity index (χ3n) is 3.48. The van der Waals surface area contributed by atoms with Gasteiger partial charge in [-0.2, -0.15) is 0 Å². The molecule has 1 aromatic rings. The van der Waals surface area contributed by atoms with Gasteiger partial charge in [-0.15, -0.1) is 0 Å². The SMILES string of the molecule is CN1CCN(C(=O)c2cccnc2)[C@H](C(=O)N(C)C)C1. The van der Waals surface area contributed by atoms with Crippen molar-refractivity contribution in [2.75, 3.05) is 40.8 Å². The average Bonchev–Trinajstić information content (AvgIpc) is 2.46. The first kappa shape index (κ1) is 14.5. The first-order valence-corrected chi connectivity index (χ1v) is 6.61. The number of carbonyl (C=O) groups excluding carboxylic acids is 2. The van der Waals surface area contributed by atoms with Gasteiger partial charge >= 0.3 is 0 Å².